The Bertz CT molecular complexity index is 1060. The van der Waals surface area contributed by atoms with Crippen molar-refractivity contribution in [2.75, 3.05) is 11.9 Å². The number of nitrogens with zero attached hydrogens (tertiary/aromatic N) is 2. The molecule has 168 valence electrons. The van der Waals surface area contributed by atoms with Crippen LogP contribution in [0.4, 0.5) is 5.69 Å². The number of nitrogens with one attached hydrogen (secondary N) is 1. The molecule has 32 heavy (non-hydrogen) atoms. The molecule has 2 fully saturated rings. The van der Waals surface area contributed by atoms with E-state index in [1.807, 2.05) is 17.9 Å². The maximum atomic E-state index is 13.6. The van der Waals surface area contributed by atoms with Crippen molar-refractivity contribution in [2.24, 2.45) is 16.3 Å². The van der Waals surface area contributed by atoms with Gasteiger partial charge in [0.2, 0.25) is 5.91 Å². The van der Waals surface area contributed by atoms with Gasteiger partial charge in [0, 0.05) is 17.6 Å². The number of benzene rings is 1. The lowest BCUT2D eigenvalue weighted by Crippen LogP contribution is -2.47. The van der Waals surface area contributed by atoms with Crippen molar-refractivity contribution in [2.45, 2.75) is 64.8 Å². The number of hydrogen-bond acceptors (Lipinski definition) is 4. The maximum Gasteiger partial charge on any atom is 0.337 e. The summed E-state index contributed by atoms with van der Waals surface area (Å²) in [5, 5.41) is 12.9. The molecule has 1 aromatic rings. The number of carbonyl (C=O) groups excluding carboxylic acids is 1. The van der Waals surface area contributed by atoms with Crippen LogP contribution in [0.3, 0.4) is 0 Å². The van der Waals surface area contributed by atoms with Crippen LogP contribution < -0.4 is 5.32 Å². The van der Waals surface area contributed by atoms with Crippen LogP contribution in [0.1, 0.15) is 69.2 Å². The molecule has 0 radical (unpaired) electrons. The predicted molar refractivity (Wildman–Crippen MR) is 125 cm³/mol. The van der Waals surface area contributed by atoms with Gasteiger partial charge in [-0.05, 0) is 57.2 Å². The normalized spacial score (nSPS) is 25.1. The third-order valence-corrected chi connectivity index (χ3v) is 7.69. The quantitative estimate of drug-likeness (QED) is 0.700. The van der Waals surface area contributed by atoms with Crippen LogP contribution >= 0.6 is 0 Å². The summed E-state index contributed by atoms with van der Waals surface area (Å²) in [6, 6.07) is 6.78. The van der Waals surface area contributed by atoms with E-state index in [0.717, 1.165) is 48.5 Å². The lowest BCUT2D eigenvalue weighted by molar-refractivity contribution is -0.130. The van der Waals surface area contributed by atoms with E-state index in [1.54, 1.807) is 18.2 Å². The molecule has 1 amide bonds. The Balaban J connectivity index is 1.56. The fraction of sp³-hybridized carbons (Fsp3) is 0.500. The van der Waals surface area contributed by atoms with Crippen molar-refractivity contribution >= 4 is 23.4 Å². The number of carboxylic acids is 1. The molecule has 1 spiro atoms. The zero-order chi connectivity index (χ0) is 22.5. The van der Waals surface area contributed by atoms with Gasteiger partial charge in [0.15, 0.2) is 0 Å². The summed E-state index contributed by atoms with van der Waals surface area (Å²) in [6.07, 6.45) is 9.80. The number of amidine groups is 1. The SMILES string of the molecule is CC1=CC([C@@H](C)Nc2ccccc2C(=O)O)=C2N=C3N(CCC34CCCCC4)C(=O)C2C1. The van der Waals surface area contributed by atoms with E-state index in [1.165, 1.54) is 19.3 Å². The van der Waals surface area contributed by atoms with Crippen LogP contribution in [-0.4, -0.2) is 40.3 Å². The first kappa shape index (κ1) is 21.0. The number of aromatic carboxylic acids is 1. The topological polar surface area (TPSA) is 82.0 Å². The molecule has 2 atom stereocenters. The van der Waals surface area contributed by atoms with E-state index in [0.29, 0.717) is 12.1 Å². The Morgan fingerprint density at radius 3 is 2.72 bits per heavy atom. The van der Waals surface area contributed by atoms with E-state index in [9.17, 15) is 14.7 Å². The minimum atomic E-state index is -0.958. The molecule has 1 saturated heterocycles. The summed E-state index contributed by atoms with van der Waals surface area (Å²) in [7, 11) is 0. The van der Waals surface area contributed by atoms with Crippen molar-refractivity contribution < 1.29 is 14.7 Å². The monoisotopic (exact) mass is 433 g/mol. The Labute approximate surface area is 189 Å². The summed E-state index contributed by atoms with van der Waals surface area (Å²) in [5.74, 6) is -0.0100. The Kier molecular flexibility index (Phi) is 5.19. The lowest BCUT2D eigenvalue weighted by atomic mass is 9.72. The van der Waals surface area contributed by atoms with E-state index in [2.05, 4.69) is 18.3 Å². The van der Waals surface area contributed by atoms with Crippen LogP contribution in [0.15, 0.2) is 52.2 Å². The third kappa shape index (κ3) is 3.37. The molecular formula is C26H31N3O3. The number of para-hydroxylation sites is 1. The van der Waals surface area contributed by atoms with E-state index < -0.39 is 5.97 Å². The summed E-state index contributed by atoms with van der Waals surface area (Å²) in [4.78, 5) is 32.4. The van der Waals surface area contributed by atoms with Gasteiger partial charge >= 0.3 is 5.97 Å². The first-order valence-electron chi connectivity index (χ1n) is 11.8. The second-order valence-corrected chi connectivity index (χ2v) is 9.82. The Morgan fingerprint density at radius 2 is 1.97 bits per heavy atom. The summed E-state index contributed by atoms with van der Waals surface area (Å²) in [5.41, 5.74) is 3.91. The second kappa shape index (κ2) is 7.91. The fourth-order valence-corrected chi connectivity index (χ4v) is 6.05. The Hall–Kier alpha value is -2.89. The molecule has 6 nitrogen and oxygen atoms in total. The van der Waals surface area contributed by atoms with Crippen LogP contribution in [0, 0.1) is 11.3 Å². The first-order valence-corrected chi connectivity index (χ1v) is 11.8. The summed E-state index contributed by atoms with van der Waals surface area (Å²) >= 11 is 0. The summed E-state index contributed by atoms with van der Waals surface area (Å²) < 4.78 is 0. The molecule has 2 N–H and O–H groups in total. The molecule has 1 unspecified atom stereocenters. The molecule has 6 heteroatoms. The molecule has 2 heterocycles. The minimum Gasteiger partial charge on any atom is -0.478 e. The van der Waals surface area contributed by atoms with Gasteiger partial charge in [-0.3, -0.25) is 9.69 Å². The number of hydrogen-bond donors (Lipinski definition) is 2. The minimum absolute atomic E-state index is 0.0553. The van der Waals surface area contributed by atoms with Gasteiger partial charge < -0.3 is 10.4 Å². The van der Waals surface area contributed by atoms with E-state index >= 15 is 0 Å². The van der Waals surface area contributed by atoms with Gasteiger partial charge in [0.25, 0.3) is 0 Å². The van der Waals surface area contributed by atoms with Crippen LogP contribution in [0.2, 0.25) is 0 Å². The largest absolute Gasteiger partial charge is 0.478 e. The number of rotatable bonds is 4. The predicted octanol–water partition coefficient (Wildman–Crippen LogP) is 5.00. The van der Waals surface area contributed by atoms with Gasteiger partial charge in [-0.2, -0.15) is 0 Å². The summed E-state index contributed by atoms with van der Waals surface area (Å²) in [6.45, 7) is 4.88. The highest BCUT2D eigenvalue weighted by Gasteiger charge is 2.51. The second-order valence-electron chi connectivity index (χ2n) is 9.82. The number of fused-ring (bicyclic) bond motifs is 3. The van der Waals surface area contributed by atoms with Crippen molar-refractivity contribution in [1.29, 1.82) is 0 Å². The number of amides is 1. The highest BCUT2D eigenvalue weighted by Crippen LogP contribution is 2.49. The molecule has 1 aromatic carbocycles. The van der Waals surface area contributed by atoms with E-state index in [4.69, 9.17) is 4.99 Å². The molecule has 5 rings (SSSR count). The number of carboxylic acid groups (broad SMARTS) is 1. The zero-order valence-corrected chi connectivity index (χ0v) is 18.9. The van der Waals surface area contributed by atoms with Crippen molar-refractivity contribution in [3.05, 3.63) is 52.7 Å². The highest BCUT2D eigenvalue weighted by atomic mass is 16.4. The zero-order valence-electron chi connectivity index (χ0n) is 18.9. The standard InChI is InChI=1S/C26H31N3O3/c1-16-14-19(17(2)27-21-9-5-4-8-18(21)24(31)32)22-20(15-16)23(30)29-13-12-26(25(29)28-22)10-6-3-7-11-26/h4-5,8-9,14,17,20,27H,3,6-7,10-13,15H2,1-2H3,(H,31,32)/t17-,20?/m1/s1. The average molecular weight is 434 g/mol. The van der Waals surface area contributed by atoms with Gasteiger partial charge in [-0.1, -0.05) is 43.0 Å². The van der Waals surface area contributed by atoms with Gasteiger partial charge in [-0.15, -0.1) is 0 Å². The molecule has 1 saturated carbocycles. The van der Waals surface area contributed by atoms with Crippen LogP contribution in [0.25, 0.3) is 0 Å². The smallest absolute Gasteiger partial charge is 0.337 e. The fourth-order valence-electron chi connectivity index (χ4n) is 6.05. The van der Waals surface area contributed by atoms with Crippen LogP contribution in [-0.2, 0) is 4.79 Å². The third-order valence-electron chi connectivity index (χ3n) is 7.69. The average Bonchev–Trinajstić information content (AvgIpc) is 3.12. The molecule has 0 aromatic heterocycles. The lowest BCUT2D eigenvalue weighted by Gasteiger charge is -2.39. The maximum absolute atomic E-state index is 13.6. The molecule has 4 aliphatic rings. The van der Waals surface area contributed by atoms with Crippen LogP contribution in [0.5, 0.6) is 0 Å². The number of anilines is 1. The van der Waals surface area contributed by atoms with Crippen molar-refractivity contribution in [3.8, 4) is 0 Å². The molecule has 0 bridgehead atoms. The molecule has 2 aliphatic heterocycles. The first-order chi connectivity index (χ1) is 15.4. The van der Waals surface area contributed by atoms with Crippen molar-refractivity contribution in [1.82, 2.24) is 4.90 Å². The van der Waals surface area contributed by atoms with Crippen molar-refractivity contribution in [3.63, 3.8) is 0 Å². The Morgan fingerprint density at radius 1 is 1.22 bits per heavy atom. The van der Waals surface area contributed by atoms with Gasteiger partial charge in [0.1, 0.15) is 5.84 Å². The highest BCUT2D eigenvalue weighted by molar-refractivity contribution is 6.07. The molecule has 2 aliphatic carbocycles. The number of carbonyl (C=O) groups is 2. The van der Waals surface area contributed by atoms with E-state index in [-0.39, 0.29) is 28.8 Å². The van der Waals surface area contributed by atoms with Gasteiger partial charge in [-0.25, -0.2) is 9.79 Å². The van der Waals surface area contributed by atoms with Gasteiger partial charge in [0.05, 0.1) is 23.2 Å². The number of allylic oxidation sites excluding steroid dienone is 1. The number of aliphatic imine (C=N–C) groups is 1. The molecular weight excluding hydrogens is 402 g/mol.